The van der Waals surface area contributed by atoms with E-state index < -0.39 is 21.7 Å². The molecule has 1 atom stereocenters. The number of nitrogens with zero attached hydrogens (tertiary/aromatic N) is 1. The molecule has 0 bridgehead atoms. The molecule has 0 aliphatic rings. The topological polar surface area (TPSA) is 86.5 Å². The van der Waals surface area contributed by atoms with Crippen LogP contribution in [0.1, 0.15) is 13.8 Å². The Bertz CT molecular complexity index is 545. The zero-order valence-corrected chi connectivity index (χ0v) is 13.0. The number of carbonyl (C=O) groups is 1. The van der Waals surface area contributed by atoms with E-state index in [-0.39, 0.29) is 17.5 Å². The largest absolute Gasteiger partial charge is 0.462 e. The van der Waals surface area contributed by atoms with E-state index in [1.54, 1.807) is 19.9 Å². The predicted molar refractivity (Wildman–Crippen MR) is 77.4 cm³/mol. The Morgan fingerprint density at radius 3 is 2.65 bits per heavy atom. The number of benzene rings is 1. The molecule has 20 heavy (non-hydrogen) atoms. The molecule has 1 aromatic rings. The molecular weight excluding hydrogens is 302 g/mol. The zero-order chi connectivity index (χ0) is 15.3. The highest BCUT2D eigenvalue weighted by Crippen LogP contribution is 2.31. The molecule has 0 saturated heterocycles. The smallest absolute Gasteiger partial charge is 0.316 e. The Morgan fingerprint density at radius 1 is 1.50 bits per heavy atom. The van der Waals surface area contributed by atoms with Crippen LogP contribution in [0.4, 0.5) is 5.69 Å². The summed E-state index contributed by atoms with van der Waals surface area (Å²) in [6.45, 7) is 3.47. The molecule has 110 valence electrons. The molecule has 0 N–H and O–H groups in total. The van der Waals surface area contributed by atoms with Crippen LogP contribution in [0.15, 0.2) is 28.0 Å². The fourth-order valence-corrected chi connectivity index (χ4v) is 2.70. The first kappa shape index (κ1) is 16.6. The number of hydrogen-bond donors (Lipinski definition) is 0. The zero-order valence-electron chi connectivity index (χ0n) is 11.3. The average Bonchev–Trinajstić information content (AvgIpc) is 2.35. The third-order valence-electron chi connectivity index (χ3n) is 2.17. The first-order valence-electron chi connectivity index (χ1n) is 5.75. The van der Waals surface area contributed by atoms with E-state index in [9.17, 15) is 19.1 Å². The molecule has 1 rings (SSSR count). The Labute approximate surface area is 123 Å². The van der Waals surface area contributed by atoms with Gasteiger partial charge in [-0.3, -0.25) is 19.1 Å². The van der Waals surface area contributed by atoms with Crippen LogP contribution in [0.2, 0.25) is 0 Å². The van der Waals surface area contributed by atoms with Crippen molar-refractivity contribution in [3.8, 4) is 0 Å². The molecule has 0 aliphatic heterocycles. The van der Waals surface area contributed by atoms with Crippen molar-refractivity contribution in [3.05, 3.63) is 28.3 Å². The highest BCUT2D eigenvalue weighted by atomic mass is 32.2. The van der Waals surface area contributed by atoms with Crippen molar-refractivity contribution in [2.24, 2.45) is 0 Å². The standard InChI is InChI=1S/C12H15NO5S2/c1-8(2)18-12(14)7-19-11-5-4-9(20(3)17)6-10(11)13(15)16/h4-6,8H,7H2,1-3H3. The van der Waals surface area contributed by atoms with Crippen LogP contribution in [0.25, 0.3) is 0 Å². The summed E-state index contributed by atoms with van der Waals surface area (Å²) in [7, 11) is -1.29. The summed E-state index contributed by atoms with van der Waals surface area (Å²) in [5, 5.41) is 11.0. The van der Waals surface area contributed by atoms with E-state index in [1.165, 1.54) is 18.4 Å². The van der Waals surface area contributed by atoms with Crippen molar-refractivity contribution in [2.45, 2.75) is 29.7 Å². The minimum absolute atomic E-state index is 0.00637. The first-order chi connectivity index (χ1) is 9.31. The number of thioether (sulfide) groups is 1. The summed E-state index contributed by atoms with van der Waals surface area (Å²) >= 11 is 1.03. The van der Waals surface area contributed by atoms with Crippen molar-refractivity contribution in [1.82, 2.24) is 0 Å². The van der Waals surface area contributed by atoms with Gasteiger partial charge in [0, 0.05) is 17.2 Å². The molecule has 0 radical (unpaired) electrons. The van der Waals surface area contributed by atoms with Crippen molar-refractivity contribution in [2.75, 3.05) is 12.0 Å². The molecule has 1 aromatic carbocycles. The molecule has 0 aromatic heterocycles. The Balaban J connectivity index is 2.87. The van der Waals surface area contributed by atoms with Crippen LogP contribution in [0.5, 0.6) is 0 Å². The number of hydrogen-bond acceptors (Lipinski definition) is 6. The lowest BCUT2D eigenvalue weighted by atomic mass is 10.3. The number of carbonyl (C=O) groups excluding carboxylic acids is 1. The quantitative estimate of drug-likeness (QED) is 0.346. The molecule has 0 aliphatic carbocycles. The fourth-order valence-electron chi connectivity index (χ4n) is 1.37. The highest BCUT2D eigenvalue weighted by molar-refractivity contribution is 8.00. The molecule has 6 nitrogen and oxygen atoms in total. The predicted octanol–water partition coefficient (Wildman–Crippen LogP) is 2.38. The summed E-state index contributed by atoms with van der Waals surface area (Å²) in [5.41, 5.74) is -0.153. The number of nitro benzene ring substituents is 1. The van der Waals surface area contributed by atoms with Gasteiger partial charge in [-0.2, -0.15) is 0 Å². The Hall–Kier alpha value is -1.41. The molecule has 0 spiro atoms. The van der Waals surface area contributed by atoms with Crippen LogP contribution in [0.3, 0.4) is 0 Å². The lowest BCUT2D eigenvalue weighted by Gasteiger charge is -2.08. The van der Waals surface area contributed by atoms with Gasteiger partial charge in [0.25, 0.3) is 5.69 Å². The minimum Gasteiger partial charge on any atom is -0.462 e. The summed E-state index contributed by atoms with van der Waals surface area (Å²) in [4.78, 5) is 22.6. The van der Waals surface area contributed by atoms with Crippen molar-refractivity contribution >= 4 is 34.2 Å². The molecular formula is C12H15NO5S2. The second kappa shape index (κ2) is 7.39. The first-order valence-corrected chi connectivity index (χ1v) is 8.29. The van der Waals surface area contributed by atoms with Gasteiger partial charge < -0.3 is 4.74 Å². The third kappa shape index (κ3) is 4.93. The van der Waals surface area contributed by atoms with Crippen molar-refractivity contribution in [1.29, 1.82) is 0 Å². The molecule has 0 amide bonds. The molecule has 0 heterocycles. The summed E-state index contributed by atoms with van der Waals surface area (Å²) in [6, 6.07) is 4.33. The van der Waals surface area contributed by atoms with Gasteiger partial charge >= 0.3 is 5.97 Å². The normalized spacial score (nSPS) is 12.2. The SMILES string of the molecule is CC(C)OC(=O)CSc1ccc(S(C)=O)cc1[N+](=O)[O-]. The second-order valence-electron chi connectivity index (χ2n) is 4.17. The van der Waals surface area contributed by atoms with Gasteiger partial charge in [-0.25, -0.2) is 0 Å². The maximum absolute atomic E-state index is 11.4. The van der Waals surface area contributed by atoms with Crippen LogP contribution in [-0.4, -0.2) is 33.2 Å². The van der Waals surface area contributed by atoms with Crippen molar-refractivity contribution < 1.29 is 18.7 Å². The van der Waals surface area contributed by atoms with E-state index in [0.29, 0.717) is 9.79 Å². The number of rotatable bonds is 6. The molecule has 0 saturated carbocycles. The summed E-state index contributed by atoms with van der Waals surface area (Å²) < 4.78 is 16.3. The van der Waals surface area contributed by atoms with Crippen LogP contribution >= 0.6 is 11.8 Å². The maximum Gasteiger partial charge on any atom is 0.316 e. The highest BCUT2D eigenvalue weighted by Gasteiger charge is 2.18. The van der Waals surface area contributed by atoms with E-state index in [1.807, 2.05) is 0 Å². The van der Waals surface area contributed by atoms with Gasteiger partial charge in [0.1, 0.15) is 0 Å². The van der Waals surface area contributed by atoms with Gasteiger partial charge in [0.05, 0.1) is 32.5 Å². The van der Waals surface area contributed by atoms with E-state index >= 15 is 0 Å². The minimum atomic E-state index is -1.29. The molecule has 1 unspecified atom stereocenters. The fraction of sp³-hybridized carbons (Fsp3) is 0.417. The second-order valence-corrected chi connectivity index (χ2v) is 6.56. The number of nitro groups is 1. The van der Waals surface area contributed by atoms with Gasteiger partial charge in [0.15, 0.2) is 0 Å². The monoisotopic (exact) mass is 317 g/mol. The maximum atomic E-state index is 11.4. The van der Waals surface area contributed by atoms with Crippen LogP contribution in [0, 0.1) is 10.1 Å². The van der Waals surface area contributed by atoms with Gasteiger partial charge in [-0.1, -0.05) is 0 Å². The lowest BCUT2D eigenvalue weighted by Crippen LogP contribution is -2.13. The molecule has 8 heteroatoms. The Kier molecular flexibility index (Phi) is 6.15. The summed E-state index contributed by atoms with van der Waals surface area (Å²) in [6.07, 6.45) is 1.23. The van der Waals surface area contributed by atoms with Crippen LogP contribution in [-0.2, 0) is 20.3 Å². The van der Waals surface area contributed by atoms with E-state index in [0.717, 1.165) is 11.8 Å². The van der Waals surface area contributed by atoms with Crippen LogP contribution < -0.4 is 0 Å². The lowest BCUT2D eigenvalue weighted by molar-refractivity contribution is -0.387. The van der Waals surface area contributed by atoms with Crippen molar-refractivity contribution in [3.63, 3.8) is 0 Å². The number of esters is 1. The molecule has 0 fully saturated rings. The van der Waals surface area contributed by atoms with Gasteiger partial charge in [-0.15, -0.1) is 11.8 Å². The average molecular weight is 317 g/mol. The van der Waals surface area contributed by atoms with E-state index in [2.05, 4.69) is 0 Å². The summed E-state index contributed by atoms with van der Waals surface area (Å²) in [5.74, 6) is -0.435. The Morgan fingerprint density at radius 2 is 2.15 bits per heavy atom. The van der Waals surface area contributed by atoms with E-state index in [4.69, 9.17) is 4.74 Å². The van der Waals surface area contributed by atoms with Gasteiger partial charge in [-0.05, 0) is 26.0 Å². The number of ether oxygens (including phenoxy) is 1. The van der Waals surface area contributed by atoms with Gasteiger partial charge in [0.2, 0.25) is 0 Å². The third-order valence-corrected chi connectivity index (χ3v) is 4.13.